The predicted molar refractivity (Wildman–Crippen MR) is 93.5 cm³/mol. The van der Waals surface area contributed by atoms with Gasteiger partial charge in [0.05, 0.1) is 16.1 Å². The van der Waals surface area contributed by atoms with Gasteiger partial charge in [0.25, 0.3) is 11.8 Å². The average Bonchev–Trinajstić information content (AvgIpc) is 3.20. The van der Waals surface area contributed by atoms with E-state index in [-0.39, 0.29) is 11.8 Å². The molecule has 3 rings (SSSR count). The van der Waals surface area contributed by atoms with Crippen molar-refractivity contribution in [2.75, 3.05) is 10.6 Å². The second-order valence-corrected chi connectivity index (χ2v) is 6.35. The van der Waals surface area contributed by atoms with Crippen LogP contribution >= 0.6 is 22.9 Å². The molecule has 2 heterocycles. The summed E-state index contributed by atoms with van der Waals surface area (Å²) in [4.78, 5) is 24.7. The largest absolute Gasteiger partial charge is 0.322 e. The monoisotopic (exact) mass is 343 g/mol. The van der Waals surface area contributed by atoms with Crippen LogP contribution in [-0.4, -0.2) is 16.2 Å². The highest BCUT2D eigenvalue weighted by Gasteiger charge is 2.11. The number of benzene rings is 1. The molecule has 0 radical (unpaired) electrons. The van der Waals surface area contributed by atoms with Crippen LogP contribution in [0.3, 0.4) is 0 Å². The molecule has 0 bridgehead atoms. The van der Waals surface area contributed by atoms with Gasteiger partial charge in [-0.3, -0.25) is 9.59 Å². The van der Waals surface area contributed by atoms with Crippen LogP contribution in [0.1, 0.15) is 25.7 Å². The van der Waals surface area contributed by atoms with Gasteiger partial charge in [-0.25, -0.2) is 0 Å². The Morgan fingerprint density at radius 3 is 2.17 bits per heavy atom. The van der Waals surface area contributed by atoms with Crippen molar-refractivity contribution in [2.45, 2.75) is 6.92 Å². The molecule has 0 saturated carbocycles. The quantitative estimate of drug-likeness (QED) is 0.751. The van der Waals surface area contributed by atoms with Crippen LogP contribution in [0.4, 0.5) is 11.4 Å². The van der Waals surface area contributed by atoms with Gasteiger partial charge in [-0.05, 0) is 54.2 Å². The maximum absolute atomic E-state index is 12.1. The van der Waals surface area contributed by atoms with E-state index in [4.69, 9.17) is 0 Å². The summed E-state index contributed by atoms with van der Waals surface area (Å²) in [5.74, 6) is -0.330. The topological polar surface area (TPSA) is 71.1 Å². The van der Waals surface area contributed by atoms with Crippen molar-refractivity contribution >= 4 is 46.1 Å². The Labute approximate surface area is 141 Å². The Morgan fingerprint density at radius 1 is 1.00 bits per heavy atom. The third-order valence-electron chi connectivity index (χ3n) is 3.14. The van der Waals surface area contributed by atoms with Gasteiger partial charge < -0.3 is 10.6 Å². The summed E-state index contributed by atoms with van der Waals surface area (Å²) < 4.78 is 4.08. The molecule has 5 nitrogen and oxygen atoms in total. The lowest BCUT2D eigenvalue weighted by Gasteiger charge is -2.07. The molecular formula is C16H13N3O2S2. The number of amides is 2. The lowest BCUT2D eigenvalue weighted by Crippen LogP contribution is -2.13. The summed E-state index contributed by atoms with van der Waals surface area (Å²) in [5.41, 5.74) is 2.63. The summed E-state index contributed by atoms with van der Waals surface area (Å²) in [6.45, 7) is 1.80. The number of carbonyl (C=O) groups is 2. The second kappa shape index (κ2) is 6.72. The number of thiophene rings is 1. The molecule has 2 N–H and O–H groups in total. The molecule has 0 aliphatic heterocycles. The van der Waals surface area contributed by atoms with Crippen LogP contribution in [0.2, 0.25) is 0 Å². The third-order valence-corrected chi connectivity index (χ3v) is 4.73. The van der Waals surface area contributed by atoms with Crippen molar-refractivity contribution < 1.29 is 9.59 Å². The average molecular weight is 343 g/mol. The number of nitrogens with zero attached hydrogens (tertiary/aromatic N) is 1. The Kier molecular flexibility index (Phi) is 4.50. The molecule has 3 aromatic rings. The molecule has 0 spiro atoms. The molecule has 1 aromatic carbocycles. The highest BCUT2D eigenvalue weighted by Crippen LogP contribution is 2.18. The Morgan fingerprint density at radius 2 is 1.65 bits per heavy atom. The van der Waals surface area contributed by atoms with E-state index in [9.17, 15) is 9.59 Å². The zero-order valence-electron chi connectivity index (χ0n) is 12.2. The van der Waals surface area contributed by atoms with E-state index in [1.54, 1.807) is 42.6 Å². The number of aryl methyl sites for hydroxylation is 1. The van der Waals surface area contributed by atoms with Crippen molar-refractivity contribution in [3.63, 3.8) is 0 Å². The van der Waals surface area contributed by atoms with Gasteiger partial charge >= 0.3 is 0 Å². The zero-order valence-corrected chi connectivity index (χ0v) is 13.8. The third kappa shape index (κ3) is 3.64. The maximum atomic E-state index is 12.1. The summed E-state index contributed by atoms with van der Waals surface area (Å²) in [7, 11) is 0. The van der Waals surface area contributed by atoms with Crippen LogP contribution < -0.4 is 10.6 Å². The van der Waals surface area contributed by atoms with Crippen molar-refractivity contribution in [1.82, 2.24) is 4.37 Å². The second-order valence-electron chi connectivity index (χ2n) is 4.78. The van der Waals surface area contributed by atoms with E-state index in [2.05, 4.69) is 15.0 Å². The fraction of sp³-hybridized carbons (Fsp3) is 0.0625. The SMILES string of the molecule is Cc1nscc1C(=O)Nc1ccc(NC(=O)c2cccs2)cc1. The van der Waals surface area contributed by atoms with Gasteiger partial charge in [-0.15, -0.1) is 11.3 Å². The molecule has 0 unspecified atom stereocenters. The van der Waals surface area contributed by atoms with Crippen molar-refractivity contribution in [3.8, 4) is 0 Å². The summed E-state index contributed by atoms with van der Waals surface area (Å²) in [6.07, 6.45) is 0. The molecule has 0 fully saturated rings. The van der Waals surface area contributed by atoms with Gasteiger partial charge in [-0.1, -0.05) is 6.07 Å². The number of aromatic nitrogens is 1. The van der Waals surface area contributed by atoms with Gasteiger partial charge in [0.15, 0.2) is 0 Å². The standard InChI is InChI=1S/C16H13N3O2S2/c1-10-13(9-23-19-10)15(20)17-11-4-6-12(7-5-11)18-16(21)14-3-2-8-22-14/h2-9H,1H3,(H,17,20)(H,18,21). The smallest absolute Gasteiger partial charge is 0.265 e. The fourth-order valence-corrected chi connectivity index (χ4v) is 3.26. The maximum Gasteiger partial charge on any atom is 0.265 e. The van der Waals surface area contributed by atoms with Crippen LogP contribution in [0, 0.1) is 6.92 Å². The molecular weight excluding hydrogens is 330 g/mol. The van der Waals surface area contributed by atoms with Crippen LogP contribution in [0.15, 0.2) is 47.2 Å². The molecule has 0 atom stereocenters. The first-order chi connectivity index (χ1) is 11.1. The number of anilines is 2. The van der Waals surface area contributed by atoms with Crippen LogP contribution in [0.25, 0.3) is 0 Å². The van der Waals surface area contributed by atoms with Gasteiger partial charge in [0, 0.05) is 16.8 Å². The summed E-state index contributed by atoms with van der Waals surface area (Å²) in [6, 6.07) is 10.6. The van der Waals surface area contributed by atoms with Crippen LogP contribution in [0.5, 0.6) is 0 Å². The molecule has 23 heavy (non-hydrogen) atoms. The minimum Gasteiger partial charge on any atom is -0.322 e. The first kappa shape index (κ1) is 15.4. The van der Waals surface area contributed by atoms with E-state index in [0.717, 1.165) is 0 Å². The number of rotatable bonds is 4. The number of hydrogen-bond donors (Lipinski definition) is 2. The Balaban J connectivity index is 1.64. The highest BCUT2D eigenvalue weighted by molar-refractivity contribution is 7.12. The molecule has 0 aliphatic carbocycles. The highest BCUT2D eigenvalue weighted by atomic mass is 32.1. The zero-order chi connectivity index (χ0) is 16.2. The molecule has 2 amide bonds. The van der Waals surface area contributed by atoms with E-state index in [1.807, 2.05) is 11.4 Å². The Hall–Kier alpha value is -2.51. The van der Waals surface area contributed by atoms with Gasteiger partial charge in [-0.2, -0.15) is 4.37 Å². The molecule has 2 aromatic heterocycles. The minimum absolute atomic E-state index is 0.142. The van der Waals surface area contributed by atoms with E-state index < -0.39 is 0 Å². The van der Waals surface area contributed by atoms with E-state index in [1.165, 1.54) is 22.9 Å². The number of carbonyl (C=O) groups excluding carboxylic acids is 2. The first-order valence-corrected chi connectivity index (χ1v) is 8.52. The van der Waals surface area contributed by atoms with E-state index in [0.29, 0.717) is 27.5 Å². The molecule has 0 saturated heterocycles. The summed E-state index contributed by atoms with van der Waals surface area (Å²) >= 11 is 2.64. The fourth-order valence-electron chi connectivity index (χ4n) is 1.95. The summed E-state index contributed by atoms with van der Waals surface area (Å²) in [5, 5.41) is 9.20. The number of nitrogens with one attached hydrogen (secondary N) is 2. The Bertz CT molecular complexity index is 823. The minimum atomic E-state index is -0.188. The van der Waals surface area contributed by atoms with Crippen LogP contribution in [-0.2, 0) is 0 Å². The van der Waals surface area contributed by atoms with Crippen molar-refractivity contribution in [3.05, 3.63) is 63.3 Å². The van der Waals surface area contributed by atoms with Crippen molar-refractivity contribution in [2.24, 2.45) is 0 Å². The predicted octanol–water partition coefficient (Wildman–Crippen LogP) is 4.02. The van der Waals surface area contributed by atoms with E-state index >= 15 is 0 Å². The molecule has 7 heteroatoms. The first-order valence-electron chi connectivity index (χ1n) is 6.81. The van der Waals surface area contributed by atoms with Gasteiger partial charge in [0.2, 0.25) is 0 Å². The molecule has 0 aliphatic rings. The molecule has 116 valence electrons. The van der Waals surface area contributed by atoms with Gasteiger partial charge in [0.1, 0.15) is 0 Å². The number of hydrogen-bond acceptors (Lipinski definition) is 5. The van der Waals surface area contributed by atoms with Crippen molar-refractivity contribution in [1.29, 1.82) is 0 Å². The normalized spacial score (nSPS) is 10.3. The lowest BCUT2D eigenvalue weighted by molar-refractivity contribution is 0.101. The lowest BCUT2D eigenvalue weighted by atomic mass is 10.2.